The molecule has 1 aromatic carbocycles. The Morgan fingerprint density at radius 1 is 1.32 bits per heavy atom. The minimum Gasteiger partial charge on any atom is -0.267 e. The molecule has 0 saturated heterocycles. The van der Waals surface area contributed by atoms with Crippen molar-refractivity contribution in [2.24, 2.45) is 11.0 Å². The zero-order valence-corrected chi connectivity index (χ0v) is 11.5. The first kappa shape index (κ1) is 13.5. The number of nitrogens with zero attached hydrogens (tertiary/aromatic N) is 1. The highest BCUT2D eigenvalue weighted by atomic mass is 16.2. The standard InChI is InChI=1S/C16H20N2O/c1-12-8-9-15(10-13(12)2)16(19)18-17-11-14-6-4-3-5-7-14/h3-4,8-11,14H,5-7H2,1-2H3,(H,18,19)/b17-11-/t14-/m1/s1. The third kappa shape index (κ3) is 3.78. The Kier molecular flexibility index (Phi) is 4.50. The molecule has 3 heteroatoms. The first-order valence-electron chi connectivity index (χ1n) is 6.72. The van der Waals surface area contributed by atoms with E-state index in [9.17, 15) is 4.79 Å². The lowest BCUT2D eigenvalue weighted by Gasteiger charge is -2.11. The third-order valence-electron chi connectivity index (χ3n) is 3.53. The van der Waals surface area contributed by atoms with Crippen molar-refractivity contribution >= 4 is 12.1 Å². The van der Waals surface area contributed by atoms with Crippen LogP contribution in [0.1, 0.15) is 40.7 Å². The largest absolute Gasteiger partial charge is 0.271 e. The van der Waals surface area contributed by atoms with Gasteiger partial charge in [-0.15, -0.1) is 0 Å². The predicted molar refractivity (Wildman–Crippen MR) is 78.4 cm³/mol. The predicted octanol–water partition coefficient (Wildman–Crippen LogP) is 3.38. The number of hydrogen-bond acceptors (Lipinski definition) is 2. The second-order valence-corrected chi connectivity index (χ2v) is 5.06. The summed E-state index contributed by atoms with van der Waals surface area (Å²) in [6.45, 7) is 4.04. The van der Waals surface area contributed by atoms with E-state index in [0.29, 0.717) is 11.5 Å². The number of amides is 1. The topological polar surface area (TPSA) is 41.5 Å². The molecule has 0 heterocycles. The van der Waals surface area contributed by atoms with Crippen LogP contribution in [0, 0.1) is 19.8 Å². The van der Waals surface area contributed by atoms with Crippen molar-refractivity contribution in [3.8, 4) is 0 Å². The summed E-state index contributed by atoms with van der Waals surface area (Å²) in [5, 5.41) is 4.07. The van der Waals surface area contributed by atoms with Crippen LogP contribution in [0.4, 0.5) is 0 Å². The van der Waals surface area contributed by atoms with Crippen molar-refractivity contribution in [1.82, 2.24) is 5.43 Å². The molecule has 2 rings (SSSR count). The number of allylic oxidation sites excluding steroid dienone is 2. The van der Waals surface area contributed by atoms with Gasteiger partial charge in [0.15, 0.2) is 0 Å². The Labute approximate surface area is 114 Å². The van der Waals surface area contributed by atoms with Crippen molar-refractivity contribution in [3.05, 3.63) is 47.0 Å². The van der Waals surface area contributed by atoms with Gasteiger partial charge in [-0.2, -0.15) is 5.10 Å². The smallest absolute Gasteiger partial charge is 0.267 e. The molecule has 0 saturated carbocycles. The van der Waals surface area contributed by atoms with Crippen LogP contribution in [0.5, 0.6) is 0 Å². The Hall–Kier alpha value is -1.90. The quantitative estimate of drug-likeness (QED) is 0.503. The van der Waals surface area contributed by atoms with Gasteiger partial charge in [0.1, 0.15) is 0 Å². The zero-order chi connectivity index (χ0) is 13.7. The Balaban J connectivity index is 1.91. The van der Waals surface area contributed by atoms with E-state index in [1.807, 2.05) is 38.3 Å². The van der Waals surface area contributed by atoms with Crippen LogP contribution in [0.15, 0.2) is 35.5 Å². The lowest BCUT2D eigenvalue weighted by molar-refractivity contribution is 0.0955. The fraction of sp³-hybridized carbons (Fsp3) is 0.375. The molecular formula is C16H20N2O. The van der Waals surface area contributed by atoms with E-state index >= 15 is 0 Å². The molecule has 1 atom stereocenters. The number of benzene rings is 1. The highest BCUT2D eigenvalue weighted by molar-refractivity contribution is 5.94. The third-order valence-corrected chi connectivity index (χ3v) is 3.53. The van der Waals surface area contributed by atoms with E-state index in [-0.39, 0.29) is 5.91 Å². The van der Waals surface area contributed by atoms with Crippen LogP contribution >= 0.6 is 0 Å². The normalized spacial score (nSPS) is 18.7. The minimum absolute atomic E-state index is 0.147. The highest BCUT2D eigenvalue weighted by Gasteiger charge is 2.08. The lowest BCUT2D eigenvalue weighted by atomic mass is 9.96. The van der Waals surface area contributed by atoms with E-state index < -0.39 is 0 Å². The van der Waals surface area contributed by atoms with E-state index in [2.05, 4.69) is 22.7 Å². The summed E-state index contributed by atoms with van der Waals surface area (Å²) in [6, 6.07) is 5.68. The molecule has 1 amide bonds. The molecule has 0 aromatic heterocycles. The molecule has 3 nitrogen and oxygen atoms in total. The molecule has 0 radical (unpaired) electrons. The number of hydrogen-bond donors (Lipinski definition) is 1. The summed E-state index contributed by atoms with van der Waals surface area (Å²) in [6.07, 6.45) is 9.44. The maximum absolute atomic E-state index is 11.9. The summed E-state index contributed by atoms with van der Waals surface area (Å²) in [4.78, 5) is 11.9. The van der Waals surface area contributed by atoms with Crippen LogP contribution in [0.25, 0.3) is 0 Å². The van der Waals surface area contributed by atoms with Gasteiger partial charge in [0, 0.05) is 11.8 Å². The molecule has 1 aliphatic carbocycles. The van der Waals surface area contributed by atoms with Gasteiger partial charge in [0.25, 0.3) is 5.91 Å². The van der Waals surface area contributed by atoms with Crippen LogP contribution in [-0.2, 0) is 0 Å². The van der Waals surface area contributed by atoms with Gasteiger partial charge < -0.3 is 0 Å². The molecule has 1 N–H and O–H groups in total. The van der Waals surface area contributed by atoms with E-state index in [1.54, 1.807) is 0 Å². The first-order chi connectivity index (χ1) is 9.16. The van der Waals surface area contributed by atoms with Crippen LogP contribution in [0.2, 0.25) is 0 Å². The van der Waals surface area contributed by atoms with Gasteiger partial charge in [0.2, 0.25) is 0 Å². The minimum atomic E-state index is -0.147. The van der Waals surface area contributed by atoms with Crippen LogP contribution in [0.3, 0.4) is 0 Å². The Bertz CT molecular complexity index is 517. The monoisotopic (exact) mass is 256 g/mol. The molecule has 19 heavy (non-hydrogen) atoms. The second-order valence-electron chi connectivity index (χ2n) is 5.06. The highest BCUT2D eigenvalue weighted by Crippen LogP contribution is 2.15. The molecular weight excluding hydrogens is 236 g/mol. The lowest BCUT2D eigenvalue weighted by Crippen LogP contribution is -2.19. The molecule has 100 valence electrons. The fourth-order valence-corrected chi connectivity index (χ4v) is 2.10. The number of carbonyl (C=O) groups excluding carboxylic acids is 1. The number of carbonyl (C=O) groups is 1. The van der Waals surface area contributed by atoms with Crippen molar-refractivity contribution in [3.63, 3.8) is 0 Å². The van der Waals surface area contributed by atoms with Gasteiger partial charge in [0.05, 0.1) is 0 Å². The zero-order valence-electron chi connectivity index (χ0n) is 11.5. The Morgan fingerprint density at radius 3 is 2.84 bits per heavy atom. The van der Waals surface area contributed by atoms with E-state index in [4.69, 9.17) is 0 Å². The van der Waals surface area contributed by atoms with Crippen molar-refractivity contribution in [2.45, 2.75) is 33.1 Å². The van der Waals surface area contributed by atoms with Gasteiger partial charge in [-0.1, -0.05) is 18.2 Å². The molecule has 0 unspecified atom stereocenters. The van der Waals surface area contributed by atoms with E-state index in [0.717, 1.165) is 24.8 Å². The second kappa shape index (κ2) is 6.32. The maximum Gasteiger partial charge on any atom is 0.271 e. The Morgan fingerprint density at radius 2 is 2.16 bits per heavy atom. The molecule has 1 aliphatic rings. The summed E-state index contributed by atoms with van der Waals surface area (Å²) in [7, 11) is 0. The van der Waals surface area contributed by atoms with E-state index in [1.165, 1.54) is 5.56 Å². The number of aryl methyl sites for hydroxylation is 2. The number of hydrazone groups is 1. The van der Waals surface area contributed by atoms with Gasteiger partial charge in [-0.25, -0.2) is 5.43 Å². The summed E-state index contributed by atoms with van der Waals surface area (Å²) >= 11 is 0. The maximum atomic E-state index is 11.9. The van der Waals surface area contributed by atoms with Gasteiger partial charge in [-0.05, 0) is 62.3 Å². The number of rotatable bonds is 3. The first-order valence-corrected chi connectivity index (χ1v) is 6.72. The van der Waals surface area contributed by atoms with Crippen LogP contribution in [-0.4, -0.2) is 12.1 Å². The van der Waals surface area contributed by atoms with Gasteiger partial charge in [-0.3, -0.25) is 4.79 Å². The average Bonchev–Trinajstić information content (AvgIpc) is 2.43. The summed E-state index contributed by atoms with van der Waals surface area (Å²) in [5.74, 6) is 0.302. The molecule has 0 spiro atoms. The van der Waals surface area contributed by atoms with Crippen molar-refractivity contribution in [2.75, 3.05) is 0 Å². The van der Waals surface area contributed by atoms with Crippen LogP contribution < -0.4 is 5.43 Å². The summed E-state index contributed by atoms with van der Waals surface area (Å²) < 4.78 is 0. The molecule has 0 bridgehead atoms. The summed E-state index contributed by atoms with van der Waals surface area (Å²) in [5.41, 5.74) is 5.56. The van der Waals surface area contributed by atoms with Crippen molar-refractivity contribution in [1.29, 1.82) is 0 Å². The van der Waals surface area contributed by atoms with Gasteiger partial charge >= 0.3 is 0 Å². The fourth-order valence-electron chi connectivity index (χ4n) is 2.10. The molecule has 0 fully saturated rings. The molecule has 0 aliphatic heterocycles. The average molecular weight is 256 g/mol. The number of nitrogens with one attached hydrogen (secondary N) is 1. The van der Waals surface area contributed by atoms with Crippen molar-refractivity contribution < 1.29 is 4.79 Å². The molecule has 1 aromatic rings. The SMILES string of the molecule is Cc1ccc(C(=O)N/N=C\[C@@H]2CC=CCC2)cc1C.